The molecule has 2 aromatic heterocycles. The summed E-state index contributed by atoms with van der Waals surface area (Å²) >= 11 is 3.47. The number of hydrogen-bond acceptors (Lipinski definition) is 3. The van der Waals surface area contributed by atoms with E-state index in [4.69, 9.17) is 5.73 Å². The summed E-state index contributed by atoms with van der Waals surface area (Å²) in [6.07, 6.45) is 5.43. The molecule has 0 amide bonds. The Hall–Kier alpha value is -1.88. The van der Waals surface area contributed by atoms with Crippen LogP contribution in [0.15, 0.2) is 41.3 Å². The molecule has 0 saturated carbocycles. The fourth-order valence-electron chi connectivity index (χ4n) is 1.96. The van der Waals surface area contributed by atoms with E-state index in [-0.39, 0.29) is 0 Å². The van der Waals surface area contributed by atoms with Crippen molar-refractivity contribution >= 4 is 32.5 Å². The number of aryl methyl sites for hydroxylation is 1. The summed E-state index contributed by atoms with van der Waals surface area (Å²) in [6, 6.07) is 5.92. The van der Waals surface area contributed by atoms with Gasteiger partial charge in [-0.2, -0.15) is 5.10 Å². The van der Waals surface area contributed by atoms with Crippen LogP contribution in [-0.2, 0) is 0 Å². The number of aromatic nitrogens is 3. The van der Waals surface area contributed by atoms with Crippen molar-refractivity contribution in [3.05, 3.63) is 46.8 Å². The van der Waals surface area contributed by atoms with Crippen molar-refractivity contribution in [1.29, 1.82) is 0 Å². The van der Waals surface area contributed by atoms with Gasteiger partial charge in [-0.3, -0.25) is 4.98 Å². The summed E-state index contributed by atoms with van der Waals surface area (Å²) in [5, 5.41) is 5.30. The molecule has 0 saturated heterocycles. The van der Waals surface area contributed by atoms with E-state index in [1.807, 2.05) is 37.5 Å². The Bertz CT molecular complexity index is 728. The van der Waals surface area contributed by atoms with E-state index in [0.29, 0.717) is 5.69 Å². The van der Waals surface area contributed by atoms with Gasteiger partial charge in [-0.05, 0) is 30.7 Å². The molecule has 3 rings (SSSR count). The molecule has 90 valence electrons. The fourth-order valence-corrected chi connectivity index (χ4v) is 2.32. The van der Waals surface area contributed by atoms with Gasteiger partial charge < -0.3 is 5.73 Å². The van der Waals surface area contributed by atoms with Gasteiger partial charge in [-0.25, -0.2) is 4.68 Å². The fraction of sp³-hybridized carbons (Fsp3) is 0.0769. The van der Waals surface area contributed by atoms with E-state index in [1.165, 1.54) is 0 Å². The van der Waals surface area contributed by atoms with Gasteiger partial charge in [0.15, 0.2) is 0 Å². The summed E-state index contributed by atoms with van der Waals surface area (Å²) in [5.74, 6) is 0. The van der Waals surface area contributed by atoms with Crippen molar-refractivity contribution in [2.45, 2.75) is 6.92 Å². The van der Waals surface area contributed by atoms with E-state index in [2.05, 4.69) is 26.0 Å². The zero-order valence-corrected chi connectivity index (χ0v) is 11.3. The first-order valence-corrected chi connectivity index (χ1v) is 6.30. The number of anilines is 1. The van der Waals surface area contributed by atoms with Crippen LogP contribution in [0.25, 0.3) is 16.6 Å². The first kappa shape index (κ1) is 11.2. The van der Waals surface area contributed by atoms with Crippen LogP contribution < -0.4 is 5.73 Å². The molecule has 4 nitrogen and oxygen atoms in total. The number of rotatable bonds is 1. The Morgan fingerprint density at radius 3 is 2.83 bits per heavy atom. The summed E-state index contributed by atoms with van der Waals surface area (Å²) in [7, 11) is 0. The molecule has 0 unspecified atom stereocenters. The monoisotopic (exact) mass is 302 g/mol. The zero-order valence-electron chi connectivity index (χ0n) is 9.76. The molecule has 5 heteroatoms. The Balaban J connectivity index is 2.39. The molecular formula is C13H11BrN4. The van der Waals surface area contributed by atoms with Gasteiger partial charge in [0.05, 0.1) is 29.3 Å². The number of halogens is 1. The third-order valence-corrected chi connectivity index (χ3v) is 3.26. The standard InChI is InChI=1S/C13H11BrN4/c1-8-5-17-18(7-8)13-10-4-9(14)2-3-12(10)16-6-11(13)15/h2-7H,15H2,1H3. The third-order valence-electron chi connectivity index (χ3n) is 2.77. The second kappa shape index (κ2) is 4.10. The lowest BCUT2D eigenvalue weighted by molar-refractivity contribution is 0.888. The highest BCUT2D eigenvalue weighted by Crippen LogP contribution is 2.28. The first-order chi connectivity index (χ1) is 8.65. The molecule has 1 aromatic carbocycles. The lowest BCUT2D eigenvalue weighted by atomic mass is 10.1. The van der Waals surface area contributed by atoms with Crippen molar-refractivity contribution < 1.29 is 0 Å². The van der Waals surface area contributed by atoms with Gasteiger partial charge in [0, 0.05) is 16.1 Å². The molecule has 0 fully saturated rings. The van der Waals surface area contributed by atoms with Gasteiger partial charge >= 0.3 is 0 Å². The highest BCUT2D eigenvalue weighted by Gasteiger charge is 2.10. The largest absolute Gasteiger partial charge is 0.396 e. The maximum absolute atomic E-state index is 6.04. The number of pyridine rings is 1. The van der Waals surface area contributed by atoms with E-state index >= 15 is 0 Å². The predicted molar refractivity (Wildman–Crippen MR) is 75.7 cm³/mol. The lowest BCUT2D eigenvalue weighted by Crippen LogP contribution is -2.02. The first-order valence-electron chi connectivity index (χ1n) is 5.50. The van der Waals surface area contributed by atoms with Crippen LogP contribution in [0.4, 0.5) is 5.69 Å². The molecule has 0 bridgehead atoms. The second-order valence-electron chi connectivity index (χ2n) is 4.19. The third kappa shape index (κ3) is 1.76. The summed E-state index contributed by atoms with van der Waals surface area (Å²) < 4.78 is 2.79. The lowest BCUT2D eigenvalue weighted by Gasteiger charge is -2.09. The quantitative estimate of drug-likeness (QED) is 0.751. The minimum absolute atomic E-state index is 0.615. The Morgan fingerprint density at radius 2 is 2.11 bits per heavy atom. The number of fused-ring (bicyclic) bond motifs is 1. The summed E-state index contributed by atoms with van der Waals surface area (Å²) in [4.78, 5) is 4.33. The van der Waals surface area contributed by atoms with Crippen LogP contribution in [0.3, 0.4) is 0 Å². The average molecular weight is 303 g/mol. The number of hydrogen-bond donors (Lipinski definition) is 1. The van der Waals surface area contributed by atoms with Crippen LogP contribution in [-0.4, -0.2) is 14.8 Å². The molecule has 0 aliphatic carbocycles. The van der Waals surface area contributed by atoms with Crippen LogP contribution in [0.5, 0.6) is 0 Å². The number of nitrogens with zero attached hydrogens (tertiary/aromatic N) is 3. The van der Waals surface area contributed by atoms with Gasteiger partial charge in [0.1, 0.15) is 0 Å². The maximum atomic E-state index is 6.04. The second-order valence-corrected chi connectivity index (χ2v) is 5.10. The SMILES string of the molecule is Cc1cnn(-c2c(N)cnc3ccc(Br)cc23)c1. The van der Waals surface area contributed by atoms with Gasteiger partial charge in [-0.1, -0.05) is 15.9 Å². The maximum Gasteiger partial charge on any atom is 0.0985 e. The Kier molecular flexibility index (Phi) is 2.56. The van der Waals surface area contributed by atoms with Crippen LogP contribution in [0.1, 0.15) is 5.56 Å². The predicted octanol–water partition coefficient (Wildman–Crippen LogP) is 3.07. The molecule has 0 aliphatic rings. The average Bonchev–Trinajstić information content (AvgIpc) is 2.75. The Morgan fingerprint density at radius 1 is 1.28 bits per heavy atom. The number of nitrogen functional groups attached to an aromatic ring is 1. The van der Waals surface area contributed by atoms with Crippen molar-refractivity contribution in [2.75, 3.05) is 5.73 Å². The number of nitrogens with two attached hydrogens (primary N) is 1. The van der Waals surface area contributed by atoms with Crippen molar-refractivity contribution in [3.8, 4) is 5.69 Å². The molecule has 3 aromatic rings. The van der Waals surface area contributed by atoms with Gasteiger partial charge in [0.25, 0.3) is 0 Å². The van der Waals surface area contributed by atoms with Crippen LogP contribution in [0, 0.1) is 6.92 Å². The van der Waals surface area contributed by atoms with Crippen LogP contribution in [0.2, 0.25) is 0 Å². The normalized spacial score (nSPS) is 11.0. The minimum atomic E-state index is 0.615. The molecule has 0 aliphatic heterocycles. The van der Waals surface area contributed by atoms with Crippen molar-refractivity contribution in [1.82, 2.24) is 14.8 Å². The highest BCUT2D eigenvalue weighted by atomic mass is 79.9. The molecule has 2 heterocycles. The molecule has 0 spiro atoms. The van der Waals surface area contributed by atoms with Crippen molar-refractivity contribution in [2.24, 2.45) is 0 Å². The van der Waals surface area contributed by atoms with E-state index in [1.54, 1.807) is 10.9 Å². The molecular weight excluding hydrogens is 292 g/mol. The summed E-state index contributed by atoms with van der Waals surface area (Å²) in [6.45, 7) is 2.00. The molecule has 2 N–H and O–H groups in total. The molecule has 18 heavy (non-hydrogen) atoms. The topological polar surface area (TPSA) is 56.7 Å². The van der Waals surface area contributed by atoms with E-state index in [9.17, 15) is 0 Å². The molecule has 0 radical (unpaired) electrons. The number of benzene rings is 1. The van der Waals surface area contributed by atoms with Gasteiger partial charge in [0.2, 0.25) is 0 Å². The minimum Gasteiger partial charge on any atom is -0.396 e. The zero-order chi connectivity index (χ0) is 12.7. The smallest absolute Gasteiger partial charge is 0.0985 e. The van der Waals surface area contributed by atoms with E-state index in [0.717, 1.165) is 26.6 Å². The summed E-state index contributed by atoms with van der Waals surface area (Å²) in [5.41, 5.74) is 9.51. The Labute approximate surface area is 113 Å². The van der Waals surface area contributed by atoms with E-state index < -0.39 is 0 Å². The van der Waals surface area contributed by atoms with Crippen LogP contribution >= 0.6 is 15.9 Å². The van der Waals surface area contributed by atoms with Crippen molar-refractivity contribution in [3.63, 3.8) is 0 Å². The highest BCUT2D eigenvalue weighted by molar-refractivity contribution is 9.10. The molecule has 0 atom stereocenters. The van der Waals surface area contributed by atoms with Gasteiger partial charge in [-0.15, -0.1) is 0 Å².